The molecule has 0 bridgehead atoms. The summed E-state index contributed by atoms with van der Waals surface area (Å²) in [6.07, 6.45) is -0.776. The third-order valence-corrected chi connectivity index (χ3v) is 2.43. The van der Waals surface area contributed by atoms with Gasteiger partial charge in [-0.05, 0) is 19.1 Å². The van der Waals surface area contributed by atoms with E-state index in [0.717, 1.165) is 4.90 Å². The number of urea groups is 1. The fraction of sp³-hybridized carbons (Fsp3) is 0.357. The summed E-state index contributed by atoms with van der Waals surface area (Å²) in [5.41, 5.74) is 5.76. The second kappa shape index (κ2) is 8.63. The minimum Gasteiger partial charge on any atom is -0.449 e. The number of anilines is 1. The summed E-state index contributed by atoms with van der Waals surface area (Å²) >= 11 is 0. The van der Waals surface area contributed by atoms with E-state index < -0.39 is 18.1 Å². The van der Waals surface area contributed by atoms with E-state index in [1.165, 1.54) is 13.0 Å². The Morgan fingerprint density at radius 2 is 2.05 bits per heavy atom. The van der Waals surface area contributed by atoms with Gasteiger partial charge in [-0.2, -0.15) is 0 Å². The normalized spacial score (nSPS) is 9.77. The number of nitrogens with two attached hydrogens (primary N) is 1. The zero-order chi connectivity index (χ0) is 16.5. The van der Waals surface area contributed by atoms with Crippen LogP contribution in [0.2, 0.25) is 0 Å². The number of benzene rings is 1. The summed E-state index contributed by atoms with van der Waals surface area (Å²) in [5, 5.41) is 2.52. The first-order valence-electron chi connectivity index (χ1n) is 6.71. The lowest BCUT2D eigenvalue weighted by molar-refractivity contribution is -0.131. The Hall–Kier alpha value is -2.61. The summed E-state index contributed by atoms with van der Waals surface area (Å²) in [7, 11) is 0. The SMILES string of the molecule is CCOC(=O)N(CCN)C(=O)Nc1cccc(OC(C)=O)c1. The summed E-state index contributed by atoms with van der Waals surface area (Å²) in [4.78, 5) is 35.6. The number of carbonyl (C=O) groups is 3. The van der Waals surface area contributed by atoms with Gasteiger partial charge in [-0.3, -0.25) is 4.79 Å². The van der Waals surface area contributed by atoms with Crippen molar-refractivity contribution >= 4 is 23.8 Å². The molecule has 1 rings (SSSR count). The maximum Gasteiger partial charge on any atom is 0.418 e. The number of imide groups is 1. The number of hydrogen-bond donors (Lipinski definition) is 2. The van der Waals surface area contributed by atoms with E-state index in [1.807, 2.05) is 0 Å². The van der Waals surface area contributed by atoms with Crippen LogP contribution >= 0.6 is 0 Å². The van der Waals surface area contributed by atoms with E-state index in [-0.39, 0.29) is 25.4 Å². The van der Waals surface area contributed by atoms with Gasteiger partial charge in [0, 0.05) is 31.8 Å². The molecule has 1 aromatic carbocycles. The fourth-order valence-corrected chi connectivity index (χ4v) is 1.60. The molecule has 0 aliphatic carbocycles. The first-order valence-corrected chi connectivity index (χ1v) is 6.71. The molecule has 0 aliphatic heterocycles. The van der Waals surface area contributed by atoms with E-state index in [9.17, 15) is 14.4 Å². The Kier molecular flexibility index (Phi) is 6.84. The van der Waals surface area contributed by atoms with Gasteiger partial charge in [0.2, 0.25) is 0 Å². The molecule has 0 radical (unpaired) electrons. The molecule has 0 aromatic heterocycles. The lowest BCUT2D eigenvalue weighted by Gasteiger charge is -2.19. The van der Waals surface area contributed by atoms with Crippen molar-refractivity contribution in [3.05, 3.63) is 24.3 Å². The van der Waals surface area contributed by atoms with Crippen molar-refractivity contribution in [1.29, 1.82) is 0 Å². The maximum absolute atomic E-state index is 12.1. The summed E-state index contributed by atoms with van der Waals surface area (Å²) in [6, 6.07) is 5.55. The molecule has 0 unspecified atom stereocenters. The highest BCUT2D eigenvalue weighted by atomic mass is 16.6. The summed E-state index contributed by atoms with van der Waals surface area (Å²) < 4.78 is 9.71. The van der Waals surface area contributed by atoms with E-state index >= 15 is 0 Å². The predicted molar refractivity (Wildman–Crippen MR) is 79.6 cm³/mol. The molecule has 3 N–H and O–H groups in total. The average Bonchev–Trinajstić information content (AvgIpc) is 2.44. The van der Waals surface area contributed by atoms with Crippen LogP contribution in [0.4, 0.5) is 15.3 Å². The lowest BCUT2D eigenvalue weighted by atomic mass is 10.3. The van der Waals surface area contributed by atoms with Crippen LogP contribution in [0.5, 0.6) is 5.75 Å². The summed E-state index contributed by atoms with van der Waals surface area (Å²) in [5.74, 6) is -0.188. The third-order valence-electron chi connectivity index (χ3n) is 2.43. The molecule has 8 nitrogen and oxygen atoms in total. The minimum atomic E-state index is -0.776. The Balaban J connectivity index is 2.80. The average molecular weight is 309 g/mol. The number of esters is 1. The monoisotopic (exact) mass is 309 g/mol. The largest absolute Gasteiger partial charge is 0.449 e. The van der Waals surface area contributed by atoms with Crippen LogP contribution < -0.4 is 15.8 Å². The summed E-state index contributed by atoms with van der Waals surface area (Å²) in [6.45, 7) is 3.19. The second-order valence-corrected chi connectivity index (χ2v) is 4.19. The van der Waals surface area contributed by atoms with Gasteiger partial charge in [0.05, 0.1) is 6.61 Å². The second-order valence-electron chi connectivity index (χ2n) is 4.19. The molecular formula is C14H19N3O5. The molecule has 0 aliphatic rings. The van der Waals surface area contributed by atoms with Gasteiger partial charge in [-0.1, -0.05) is 6.07 Å². The maximum atomic E-state index is 12.1. The number of ether oxygens (including phenoxy) is 2. The molecule has 22 heavy (non-hydrogen) atoms. The van der Waals surface area contributed by atoms with Gasteiger partial charge in [-0.25, -0.2) is 14.5 Å². The molecular weight excluding hydrogens is 290 g/mol. The van der Waals surface area contributed by atoms with Gasteiger partial charge < -0.3 is 20.5 Å². The van der Waals surface area contributed by atoms with E-state index in [2.05, 4.69) is 5.32 Å². The van der Waals surface area contributed by atoms with Gasteiger partial charge >= 0.3 is 18.1 Å². The zero-order valence-corrected chi connectivity index (χ0v) is 12.5. The first kappa shape index (κ1) is 17.4. The number of nitrogens with one attached hydrogen (secondary N) is 1. The van der Waals surface area contributed by atoms with Crippen LogP contribution in [0, 0.1) is 0 Å². The van der Waals surface area contributed by atoms with Gasteiger partial charge in [-0.15, -0.1) is 0 Å². The van der Waals surface area contributed by atoms with Crippen molar-refractivity contribution in [1.82, 2.24) is 4.90 Å². The first-order chi connectivity index (χ1) is 10.5. The Morgan fingerprint density at radius 1 is 1.32 bits per heavy atom. The molecule has 1 aromatic rings. The van der Waals surface area contributed by atoms with Crippen molar-refractivity contribution in [3.8, 4) is 5.75 Å². The number of amides is 3. The highest BCUT2D eigenvalue weighted by molar-refractivity contribution is 5.99. The molecule has 0 saturated carbocycles. The number of hydrogen-bond acceptors (Lipinski definition) is 6. The molecule has 120 valence electrons. The number of rotatable bonds is 5. The van der Waals surface area contributed by atoms with Crippen molar-refractivity contribution in [2.75, 3.05) is 25.0 Å². The molecule has 0 spiro atoms. The molecule has 0 saturated heterocycles. The third kappa shape index (κ3) is 5.41. The molecule has 0 fully saturated rings. The number of carbonyl (C=O) groups excluding carboxylic acids is 3. The predicted octanol–water partition coefficient (Wildman–Crippen LogP) is 1.56. The molecule has 8 heteroatoms. The molecule has 0 heterocycles. The van der Waals surface area contributed by atoms with Crippen LogP contribution in [0.3, 0.4) is 0 Å². The van der Waals surface area contributed by atoms with E-state index in [1.54, 1.807) is 25.1 Å². The van der Waals surface area contributed by atoms with Crippen LogP contribution in [0.25, 0.3) is 0 Å². The Bertz CT molecular complexity index is 547. The van der Waals surface area contributed by atoms with Crippen molar-refractivity contribution in [3.63, 3.8) is 0 Å². The quantitative estimate of drug-likeness (QED) is 0.630. The van der Waals surface area contributed by atoms with Gasteiger partial charge in [0.1, 0.15) is 5.75 Å². The fourth-order valence-electron chi connectivity index (χ4n) is 1.60. The topological polar surface area (TPSA) is 111 Å². The van der Waals surface area contributed by atoms with E-state index in [0.29, 0.717) is 5.69 Å². The van der Waals surface area contributed by atoms with E-state index in [4.69, 9.17) is 15.2 Å². The highest BCUT2D eigenvalue weighted by Crippen LogP contribution is 2.18. The standard InChI is InChI=1S/C14H19N3O5/c1-3-21-14(20)17(8-7-15)13(19)16-11-5-4-6-12(9-11)22-10(2)18/h4-6,9H,3,7-8,15H2,1-2H3,(H,16,19). The van der Waals surface area contributed by atoms with Crippen LogP contribution in [0.15, 0.2) is 24.3 Å². The zero-order valence-electron chi connectivity index (χ0n) is 12.5. The Morgan fingerprint density at radius 3 is 2.64 bits per heavy atom. The van der Waals surface area contributed by atoms with Crippen molar-refractivity contribution in [2.24, 2.45) is 5.73 Å². The molecule has 3 amide bonds. The van der Waals surface area contributed by atoms with Gasteiger partial charge in [0.15, 0.2) is 0 Å². The van der Waals surface area contributed by atoms with Crippen LogP contribution in [-0.2, 0) is 9.53 Å². The lowest BCUT2D eigenvalue weighted by Crippen LogP contribution is -2.43. The highest BCUT2D eigenvalue weighted by Gasteiger charge is 2.22. The number of nitrogens with zero attached hydrogens (tertiary/aromatic N) is 1. The smallest absolute Gasteiger partial charge is 0.418 e. The van der Waals surface area contributed by atoms with Crippen LogP contribution in [-0.4, -0.2) is 42.7 Å². The van der Waals surface area contributed by atoms with Crippen LogP contribution in [0.1, 0.15) is 13.8 Å². The van der Waals surface area contributed by atoms with Crippen molar-refractivity contribution in [2.45, 2.75) is 13.8 Å². The Labute approximate surface area is 128 Å². The van der Waals surface area contributed by atoms with Crippen molar-refractivity contribution < 1.29 is 23.9 Å². The molecule has 0 atom stereocenters. The van der Waals surface area contributed by atoms with Gasteiger partial charge in [0.25, 0.3) is 0 Å². The minimum absolute atomic E-state index is 0.0221.